The largest absolute Gasteiger partial charge is 0.351 e. The molecule has 4 heteroatoms. The van der Waals surface area contributed by atoms with Crippen molar-refractivity contribution in [3.63, 3.8) is 0 Å². The second-order valence-electron chi connectivity index (χ2n) is 5.30. The molecule has 1 heterocycles. The average molecular weight is 289 g/mol. The molecule has 0 unspecified atom stereocenters. The van der Waals surface area contributed by atoms with Crippen LogP contribution in [0.15, 0.2) is 36.5 Å². The van der Waals surface area contributed by atoms with E-state index in [1.807, 2.05) is 6.20 Å². The number of benzene rings is 1. The highest BCUT2D eigenvalue weighted by atomic mass is 32.1. The van der Waals surface area contributed by atoms with Crippen molar-refractivity contribution < 1.29 is 0 Å². The first-order valence-electron chi connectivity index (χ1n) is 7.08. The van der Waals surface area contributed by atoms with Crippen LogP contribution in [0, 0.1) is 0 Å². The maximum atomic E-state index is 4.51. The Morgan fingerprint density at radius 3 is 2.70 bits per heavy atom. The minimum Gasteiger partial charge on any atom is -0.351 e. The van der Waals surface area contributed by atoms with Gasteiger partial charge in [-0.15, -0.1) is 11.3 Å². The first-order valence-corrected chi connectivity index (χ1v) is 7.90. The Morgan fingerprint density at radius 2 is 2.00 bits per heavy atom. The van der Waals surface area contributed by atoms with Crippen LogP contribution < -0.4 is 10.2 Å². The van der Waals surface area contributed by atoms with Gasteiger partial charge in [0.15, 0.2) is 5.13 Å². The lowest BCUT2D eigenvalue weighted by atomic mass is 10.1. The number of nitrogens with zero attached hydrogens (tertiary/aromatic N) is 2. The number of aromatic nitrogens is 1. The summed E-state index contributed by atoms with van der Waals surface area (Å²) < 4.78 is 0. The molecule has 0 atom stereocenters. The van der Waals surface area contributed by atoms with Crippen molar-refractivity contribution in [1.82, 2.24) is 10.3 Å². The number of likely N-dealkylation sites (N-methyl/N-ethyl adjacent to an activating group) is 1. The van der Waals surface area contributed by atoms with Gasteiger partial charge in [0.1, 0.15) is 0 Å². The van der Waals surface area contributed by atoms with Crippen molar-refractivity contribution in [3.05, 3.63) is 47.0 Å². The molecule has 2 aromatic rings. The molecule has 3 nitrogen and oxygen atoms in total. The maximum absolute atomic E-state index is 4.51. The quantitative estimate of drug-likeness (QED) is 0.847. The molecule has 1 aromatic heterocycles. The minimum absolute atomic E-state index is 0.511. The van der Waals surface area contributed by atoms with Crippen LogP contribution in [-0.2, 0) is 13.0 Å². The Kier molecular flexibility index (Phi) is 5.56. The first-order chi connectivity index (χ1) is 9.65. The Bertz CT molecular complexity index is 507. The van der Waals surface area contributed by atoms with Gasteiger partial charge in [0.25, 0.3) is 0 Å². The van der Waals surface area contributed by atoms with Crippen LogP contribution in [0.5, 0.6) is 0 Å². The predicted octanol–water partition coefficient (Wildman–Crippen LogP) is 3.32. The minimum atomic E-state index is 0.511. The Labute approximate surface area is 125 Å². The van der Waals surface area contributed by atoms with E-state index in [-0.39, 0.29) is 0 Å². The fourth-order valence-corrected chi connectivity index (χ4v) is 2.75. The second kappa shape index (κ2) is 7.41. The van der Waals surface area contributed by atoms with Crippen LogP contribution in [-0.4, -0.2) is 24.6 Å². The number of anilines is 1. The lowest BCUT2D eigenvalue weighted by Gasteiger charge is -2.15. The van der Waals surface area contributed by atoms with E-state index in [9.17, 15) is 0 Å². The third kappa shape index (κ3) is 4.62. The van der Waals surface area contributed by atoms with Gasteiger partial charge in [-0.2, -0.15) is 0 Å². The zero-order valence-electron chi connectivity index (χ0n) is 12.5. The number of nitrogens with one attached hydrogen (secondary N) is 1. The summed E-state index contributed by atoms with van der Waals surface area (Å²) in [5.74, 6) is 0. The molecule has 0 saturated carbocycles. The Morgan fingerprint density at radius 1 is 1.25 bits per heavy atom. The normalized spacial score (nSPS) is 11.0. The molecule has 0 aliphatic carbocycles. The fourth-order valence-electron chi connectivity index (χ4n) is 1.90. The van der Waals surface area contributed by atoms with Gasteiger partial charge < -0.3 is 10.2 Å². The van der Waals surface area contributed by atoms with Gasteiger partial charge in [0.2, 0.25) is 0 Å². The van der Waals surface area contributed by atoms with E-state index >= 15 is 0 Å². The van der Waals surface area contributed by atoms with Gasteiger partial charge in [-0.1, -0.05) is 44.2 Å². The van der Waals surface area contributed by atoms with Crippen LogP contribution in [0.2, 0.25) is 0 Å². The van der Waals surface area contributed by atoms with Gasteiger partial charge >= 0.3 is 0 Å². The van der Waals surface area contributed by atoms with Crippen molar-refractivity contribution >= 4 is 16.5 Å². The summed E-state index contributed by atoms with van der Waals surface area (Å²) in [7, 11) is 2.11. The number of hydrogen-bond acceptors (Lipinski definition) is 4. The Hall–Kier alpha value is -1.39. The van der Waals surface area contributed by atoms with Gasteiger partial charge in [-0.3, -0.25) is 0 Å². The number of rotatable bonds is 7. The molecule has 0 fully saturated rings. The summed E-state index contributed by atoms with van der Waals surface area (Å²) in [4.78, 5) is 8.04. The van der Waals surface area contributed by atoms with E-state index in [1.165, 1.54) is 10.4 Å². The van der Waals surface area contributed by atoms with E-state index in [0.29, 0.717) is 6.04 Å². The van der Waals surface area contributed by atoms with E-state index in [1.54, 1.807) is 11.3 Å². The lowest BCUT2D eigenvalue weighted by Crippen LogP contribution is -2.21. The van der Waals surface area contributed by atoms with Gasteiger partial charge in [0.05, 0.1) is 0 Å². The van der Waals surface area contributed by atoms with E-state index < -0.39 is 0 Å². The maximum Gasteiger partial charge on any atom is 0.185 e. The summed E-state index contributed by atoms with van der Waals surface area (Å²) in [5, 5.41) is 4.52. The van der Waals surface area contributed by atoms with Crippen LogP contribution in [0.3, 0.4) is 0 Å². The molecule has 0 radical (unpaired) electrons. The van der Waals surface area contributed by atoms with Gasteiger partial charge in [-0.05, 0) is 12.0 Å². The standard InChI is InChI=1S/C16H23N3S/c1-13(2)17-11-15-12-18-16(20-15)19(3)10-9-14-7-5-4-6-8-14/h4-8,12-13,17H,9-11H2,1-3H3. The summed E-state index contributed by atoms with van der Waals surface area (Å²) in [6.07, 6.45) is 3.03. The third-order valence-electron chi connectivity index (χ3n) is 3.13. The average Bonchev–Trinajstić information content (AvgIpc) is 2.92. The molecule has 20 heavy (non-hydrogen) atoms. The summed E-state index contributed by atoms with van der Waals surface area (Å²) in [6.45, 7) is 6.22. The third-order valence-corrected chi connectivity index (χ3v) is 4.24. The molecule has 108 valence electrons. The molecule has 1 aromatic carbocycles. The number of thiazole rings is 1. The summed E-state index contributed by atoms with van der Waals surface area (Å²) in [5.41, 5.74) is 1.37. The van der Waals surface area contributed by atoms with E-state index in [0.717, 1.165) is 24.6 Å². The van der Waals surface area contributed by atoms with Crippen molar-refractivity contribution in [2.24, 2.45) is 0 Å². The van der Waals surface area contributed by atoms with Crippen molar-refractivity contribution in [3.8, 4) is 0 Å². The highest BCUT2D eigenvalue weighted by Gasteiger charge is 2.07. The second-order valence-corrected chi connectivity index (χ2v) is 6.40. The fraction of sp³-hybridized carbons (Fsp3) is 0.438. The molecular weight excluding hydrogens is 266 g/mol. The van der Waals surface area contributed by atoms with Crippen LogP contribution in [0.1, 0.15) is 24.3 Å². The van der Waals surface area contributed by atoms with Crippen LogP contribution >= 0.6 is 11.3 Å². The SMILES string of the molecule is CC(C)NCc1cnc(N(C)CCc2ccccc2)s1. The molecule has 0 saturated heterocycles. The smallest absolute Gasteiger partial charge is 0.185 e. The molecule has 0 aliphatic heterocycles. The summed E-state index contributed by atoms with van der Waals surface area (Å²) in [6, 6.07) is 11.1. The van der Waals surface area contributed by atoms with Crippen molar-refractivity contribution in [2.75, 3.05) is 18.5 Å². The van der Waals surface area contributed by atoms with Crippen molar-refractivity contribution in [2.45, 2.75) is 32.9 Å². The molecular formula is C16H23N3S. The van der Waals surface area contributed by atoms with Crippen LogP contribution in [0.25, 0.3) is 0 Å². The first kappa shape index (κ1) is 15.0. The van der Waals surface area contributed by atoms with Crippen molar-refractivity contribution in [1.29, 1.82) is 0 Å². The Balaban J connectivity index is 1.84. The van der Waals surface area contributed by atoms with E-state index in [2.05, 4.69) is 66.4 Å². The molecule has 0 aliphatic rings. The monoisotopic (exact) mass is 289 g/mol. The molecule has 0 bridgehead atoms. The molecule has 1 N–H and O–H groups in total. The van der Waals surface area contributed by atoms with Gasteiger partial charge in [0, 0.05) is 37.3 Å². The topological polar surface area (TPSA) is 28.2 Å². The molecule has 2 rings (SSSR count). The predicted molar refractivity (Wildman–Crippen MR) is 87.5 cm³/mol. The zero-order chi connectivity index (χ0) is 14.4. The highest BCUT2D eigenvalue weighted by Crippen LogP contribution is 2.21. The molecule has 0 amide bonds. The zero-order valence-corrected chi connectivity index (χ0v) is 13.3. The van der Waals surface area contributed by atoms with Gasteiger partial charge in [-0.25, -0.2) is 4.98 Å². The highest BCUT2D eigenvalue weighted by molar-refractivity contribution is 7.15. The van der Waals surface area contributed by atoms with Crippen LogP contribution in [0.4, 0.5) is 5.13 Å². The summed E-state index contributed by atoms with van der Waals surface area (Å²) >= 11 is 1.77. The van der Waals surface area contributed by atoms with E-state index in [4.69, 9.17) is 0 Å². The lowest BCUT2D eigenvalue weighted by molar-refractivity contribution is 0.593. The molecule has 0 spiro atoms. The number of hydrogen-bond donors (Lipinski definition) is 1.